The van der Waals surface area contributed by atoms with Crippen molar-refractivity contribution >= 4 is 159 Å². The molecule has 0 atom stereocenters. The van der Waals surface area contributed by atoms with Crippen LogP contribution in [0.15, 0.2) is 333 Å². The molecule has 5 aromatic heterocycles. The van der Waals surface area contributed by atoms with Crippen LogP contribution < -0.4 is 0 Å². The van der Waals surface area contributed by atoms with Crippen LogP contribution in [0.1, 0.15) is 52.9 Å². The summed E-state index contributed by atoms with van der Waals surface area (Å²) in [6.45, 7) is 12.6. The minimum absolute atomic E-state index is 0. The van der Waals surface area contributed by atoms with Crippen LogP contribution >= 0.6 is 0 Å². The number of hydrogen-bond donors (Lipinski definition) is 3. The zero-order valence-electron chi connectivity index (χ0n) is 67.7. The normalized spacial score (nSPS) is 11.4. The molecule has 0 aliphatic rings. The van der Waals surface area contributed by atoms with E-state index in [0.29, 0.717) is 0 Å². The van der Waals surface area contributed by atoms with E-state index < -0.39 is 0 Å². The third kappa shape index (κ3) is 18.5. The minimum atomic E-state index is -0.125. The second-order valence-electron chi connectivity index (χ2n) is 29.4. The number of carbonyl (C=O) groups excluding carboxylic acids is 3. The van der Waals surface area contributed by atoms with Crippen LogP contribution in [0, 0.1) is 32.0 Å². The van der Waals surface area contributed by atoms with Crippen molar-refractivity contribution in [3.63, 3.8) is 0 Å². The van der Waals surface area contributed by atoms with Gasteiger partial charge in [0.25, 0.3) is 0 Å². The van der Waals surface area contributed by atoms with Gasteiger partial charge >= 0.3 is 0 Å². The Morgan fingerprint density at radius 1 is 0.311 bits per heavy atom. The van der Waals surface area contributed by atoms with Gasteiger partial charge in [0.15, 0.2) is 17.3 Å². The molecule has 605 valence electrons. The van der Waals surface area contributed by atoms with Gasteiger partial charge in [-0.3, -0.25) is 44.3 Å². The molecule has 0 aliphatic heterocycles. The Bertz CT molecular complexity index is 7560. The largest absolute Gasteiger partial charge is 0.512 e. The zero-order valence-corrected chi connectivity index (χ0v) is 74.9. The number of hydrogen-bond acceptors (Lipinski definition) is 12. The summed E-state index contributed by atoms with van der Waals surface area (Å²) in [6.07, 6.45) is 5.37. The average Bonchev–Trinajstić information content (AvgIpc) is 0.870. The van der Waals surface area contributed by atoms with Gasteiger partial charge in [-0.15, -0.1) is 65.2 Å². The number of rotatable bonds is 8. The third-order valence-corrected chi connectivity index (χ3v) is 20.5. The summed E-state index contributed by atoms with van der Waals surface area (Å²) in [5, 5.41) is 44.4. The molecule has 17 heteroatoms. The van der Waals surface area contributed by atoms with E-state index in [4.69, 9.17) is 45.2 Å². The Balaban J connectivity index is 0.000000139. The smallest absolute Gasteiger partial charge is 0.155 e. The summed E-state index contributed by atoms with van der Waals surface area (Å²) in [7, 11) is 0. The van der Waals surface area contributed by atoms with Crippen LogP contribution in [0.25, 0.3) is 186 Å². The molecule has 0 amide bonds. The molecule has 0 unspecified atom stereocenters. The number of ketones is 3. The van der Waals surface area contributed by atoms with Crippen molar-refractivity contribution in [3.05, 3.63) is 362 Å². The summed E-state index contributed by atoms with van der Waals surface area (Å²) in [4.78, 5) is 59.7. The predicted octanol–water partition coefficient (Wildman–Crippen LogP) is 25.6. The van der Waals surface area contributed by atoms with E-state index in [9.17, 15) is 14.4 Å². The van der Waals surface area contributed by atoms with E-state index >= 15 is 0 Å². The average molecular weight is 2130 g/mol. The number of benzene rings is 16. The van der Waals surface area contributed by atoms with Crippen molar-refractivity contribution in [2.75, 3.05) is 0 Å². The Labute approximate surface area is 744 Å². The Kier molecular flexibility index (Phi) is 26.8. The van der Waals surface area contributed by atoms with Crippen molar-refractivity contribution in [2.24, 2.45) is 0 Å². The van der Waals surface area contributed by atoms with Gasteiger partial charge in [-0.1, -0.05) is 215 Å². The molecule has 21 aromatic rings. The number of aromatic nitrogens is 8. The van der Waals surface area contributed by atoms with Crippen LogP contribution in [-0.2, 0) is 74.7 Å². The van der Waals surface area contributed by atoms with E-state index in [1.165, 1.54) is 157 Å². The Morgan fingerprint density at radius 2 is 0.689 bits per heavy atom. The number of fused-ring (bicyclic) bond motifs is 12. The quantitative estimate of drug-likeness (QED) is 0.0428. The first-order valence-electron chi connectivity index (χ1n) is 39.0. The fourth-order valence-corrected chi connectivity index (χ4v) is 15.6. The zero-order chi connectivity index (χ0) is 82.5. The molecule has 16 aromatic carbocycles. The van der Waals surface area contributed by atoms with E-state index in [-0.39, 0.29) is 94.9 Å². The molecule has 5 heterocycles. The summed E-state index contributed by atoms with van der Waals surface area (Å²) >= 11 is 0. The van der Waals surface area contributed by atoms with Gasteiger partial charge < -0.3 is 24.5 Å². The molecule has 0 bridgehead atoms. The van der Waals surface area contributed by atoms with Crippen molar-refractivity contribution in [1.82, 2.24) is 39.0 Å². The second kappa shape index (κ2) is 37.9. The second-order valence-corrected chi connectivity index (χ2v) is 29.4. The topological polar surface area (TPSA) is 199 Å². The van der Waals surface area contributed by atoms with Gasteiger partial charge in [0.1, 0.15) is 0 Å². The fraction of sp³-hybridized carbons (Fsp3) is 0.0762. The molecular formula is C105H79Ir3N8O6-3. The number of aliphatic hydroxyl groups excluding tert-OH is 3. The maximum Gasteiger partial charge on any atom is 0.155 e. The van der Waals surface area contributed by atoms with Gasteiger partial charge in [0.05, 0.1) is 50.4 Å². The molecular weight excluding hydrogens is 2050 g/mol. The van der Waals surface area contributed by atoms with E-state index in [2.05, 4.69) is 306 Å². The van der Waals surface area contributed by atoms with Gasteiger partial charge in [0, 0.05) is 136 Å². The SMILES string of the molecule is CC(=O)C=C(C)O.CC(=O)C=C(C)O.CC(=O)C=C(C)O.Cc1nc2cc3ccccc3cc2nc1-c1[c-]cc2c(c1)c1ccccc1n2-c1ccccc1.Cc1nc2cc3ccccc3cc2nc1-c1[c-]cc2c3ccccc3n(-c3ccccc3)c2c1.[Ir].[Ir].[Ir].[c-]1cc2ccc3cccc4ccc(c1-c1cnc5cc6ccccc6cc5n1)c2c34. The summed E-state index contributed by atoms with van der Waals surface area (Å²) in [5.41, 5.74) is 19.7. The van der Waals surface area contributed by atoms with Crippen molar-refractivity contribution in [2.45, 2.75) is 55.4 Å². The summed E-state index contributed by atoms with van der Waals surface area (Å²) in [6, 6.07) is 112. The first-order valence-corrected chi connectivity index (χ1v) is 39.0. The number of allylic oxidation sites excluding steroid dienone is 6. The fourth-order valence-electron chi connectivity index (χ4n) is 15.6. The van der Waals surface area contributed by atoms with Crippen LogP contribution in [0.5, 0.6) is 0 Å². The van der Waals surface area contributed by atoms with Crippen molar-refractivity contribution in [3.8, 4) is 45.1 Å². The standard InChI is InChI=1S/2C31H20N3.C28H15N2.3C5H8O2.3Ir/c1-20-31(33-28-19-22-10-6-5-9-21(22)18-27(28)32-20)23-15-16-30-26(17-23)25-13-7-8-14-29(25)34(30)24-11-3-2-4-12-24;1-20-31(33-28-18-22-10-6-5-9-21(22)17-27(28)32-20)23-15-16-26-25-13-7-8-14-29(25)34(30(26)19-23)24-11-3-2-4-12-24;1-2-5-21-15-25-24(14-20(21)4-1)29-16-26(30-25)22-12-10-19-9-8-17-6-3-7-18-11-13-23(22)28(19)27(17)18;3*1-4(6)3-5(2)7;;;/h2*2-14,16-19H,1H3;1-11,13-16H;3*3,6H,1-2H3;;;/q3*-1;;;;;;. The van der Waals surface area contributed by atoms with Crippen LogP contribution in [0.3, 0.4) is 0 Å². The molecule has 0 spiro atoms. The minimum Gasteiger partial charge on any atom is -0.512 e. The van der Waals surface area contributed by atoms with Gasteiger partial charge in [0.2, 0.25) is 0 Å². The molecule has 3 N–H and O–H groups in total. The first kappa shape index (κ1) is 86.4. The monoisotopic (exact) mass is 2130 g/mol. The number of aryl methyl sites for hydroxylation is 2. The summed E-state index contributed by atoms with van der Waals surface area (Å²) < 4.78 is 4.62. The number of aliphatic hydroxyl groups is 3. The van der Waals surface area contributed by atoms with Crippen molar-refractivity contribution < 1.29 is 90.0 Å². The molecule has 0 saturated heterocycles. The number of para-hydroxylation sites is 4. The molecule has 122 heavy (non-hydrogen) atoms. The van der Waals surface area contributed by atoms with E-state index in [1.807, 2.05) is 32.2 Å². The number of nitrogens with zero attached hydrogens (tertiary/aromatic N) is 8. The summed E-state index contributed by atoms with van der Waals surface area (Å²) in [5.74, 6) is -0.187. The van der Waals surface area contributed by atoms with Crippen LogP contribution in [-0.4, -0.2) is 71.7 Å². The molecule has 21 rings (SSSR count). The van der Waals surface area contributed by atoms with Crippen LogP contribution in [0.2, 0.25) is 0 Å². The molecule has 14 nitrogen and oxygen atoms in total. The maximum absolute atomic E-state index is 10.0. The van der Waals surface area contributed by atoms with Gasteiger partial charge in [-0.2, -0.15) is 0 Å². The predicted molar refractivity (Wildman–Crippen MR) is 487 cm³/mol. The van der Waals surface area contributed by atoms with E-state index in [1.54, 1.807) is 0 Å². The maximum atomic E-state index is 10.0. The van der Waals surface area contributed by atoms with Gasteiger partial charge in [-0.25, -0.2) is 0 Å². The molecule has 3 radical (unpaired) electrons. The Morgan fingerprint density at radius 3 is 1.15 bits per heavy atom. The molecule has 0 saturated carbocycles. The third-order valence-electron chi connectivity index (χ3n) is 20.5. The number of carbonyl (C=O) groups is 3. The van der Waals surface area contributed by atoms with Crippen LogP contribution in [0.4, 0.5) is 0 Å². The van der Waals surface area contributed by atoms with E-state index in [0.717, 1.165) is 101 Å². The molecule has 0 aliphatic carbocycles. The van der Waals surface area contributed by atoms with Crippen molar-refractivity contribution in [1.29, 1.82) is 0 Å². The van der Waals surface area contributed by atoms with Gasteiger partial charge in [-0.05, 0) is 198 Å². The Hall–Kier alpha value is -13.5. The first-order chi connectivity index (χ1) is 57.7. The molecule has 0 fully saturated rings.